The highest BCUT2D eigenvalue weighted by molar-refractivity contribution is 5.77. The van der Waals surface area contributed by atoms with Crippen molar-refractivity contribution in [2.75, 3.05) is 0 Å². The van der Waals surface area contributed by atoms with Crippen molar-refractivity contribution in [3.05, 3.63) is 0 Å². The molecule has 4 heteroatoms. The van der Waals surface area contributed by atoms with Crippen molar-refractivity contribution in [1.82, 2.24) is 5.43 Å². The predicted octanol–water partition coefficient (Wildman–Crippen LogP) is 0.0971. The molecule has 1 rings (SSSR count). The highest BCUT2D eigenvalue weighted by Crippen LogP contribution is 2.32. The van der Waals surface area contributed by atoms with Crippen molar-refractivity contribution in [1.29, 1.82) is 0 Å². The normalized spacial score (nSPS) is 23.6. The Morgan fingerprint density at radius 1 is 1.45 bits per heavy atom. The van der Waals surface area contributed by atoms with Gasteiger partial charge < -0.3 is 5.73 Å². The van der Waals surface area contributed by atoms with Crippen LogP contribution < -0.4 is 17.0 Å². The van der Waals surface area contributed by atoms with Crippen LogP contribution in [0.25, 0.3) is 0 Å². The minimum absolute atomic E-state index is 0.0381. The summed E-state index contributed by atoms with van der Waals surface area (Å²) in [6, 6.07) is 0. The highest BCUT2D eigenvalue weighted by Gasteiger charge is 2.27. The molecular formula is C7H16N4. The Bertz CT molecular complexity index is 158. The Morgan fingerprint density at radius 3 is 2.45 bits per heavy atom. The van der Waals surface area contributed by atoms with Crippen LogP contribution in [0.5, 0.6) is 0 Å². The zero-order chi connectivity index (χ0) is 8.32. The Kier molecular flexibility index (Phi) is 2.34. The molecular weight excluding hydrogens is 140 g/mol. The number of aliphatic imine (C=N–C) groups is 1. The minimum atomic E-state index is 0.0381. The zero-order valence-corrected chi connectivity index (χ0v) is 6.93. The Balaban J connectivity index is 2.58. The van der Waals surface area contributed by atoms with Gasteiger partial charge in [0.25, 0.3) is 0 Å². The highest BCUT2D eigenvalue weighted by atomic mass is 15.3. The monoisotopic (exact) mass is 156 g/mol. The lowest BCUT2D eigenvalue weighted by atomic mass is 10.0. The second-order valence-corrected chi connectivity index (χ2v) is 3.35. The molecule has 0 aromatic heterocycles. The van der Waals surface area contributed by atoms with Crippen molar-refractivity contribution in [2.45, 2.75) is 38.1 Å². The van der Waals surface area contributed by atoms with E-state index in [9.17, 15) is 0 Å². The molecule has 0 radical (unpaired) electrons. The summed E-state index contributed by atoms with van der Waals surface area (Å²) in [5, 5.41) is 0. The summed E-state index contributed by atoms with van der Waals surface area (Å²) in [5.74, 6) is 5.45. The second-order valence-electron chi connectivity index (χ2n) is 3.35. The molecule has 64 valence electrons. The van der Waals surface area contributed by atoms with Gasteiger partial charge in [0.2, 0.25) is 5.96 Å². The summed E-state index contributed by atoms with van der Waals surface area (Å²) in [7, 11) is 0. The molecule has 0 aromatic carbocycles. The molecule has 1 saturated carbocycles. The summed E-state index contributed by atoms with van der Waals surface area (Å²) in [5.41, 5.74) is 7.83. The van der Waals surface area contributed by atoms with Gasteiger partial charge in [0, 0.05) is 0 Å². The number of hydrazine groups is 1. The first-order chi connectivity index (χ1) is 5.16. The Labute approximate surface area is 67.0 Å². The zero-order valence-electron chi connectivity index (χ0n) is 6.93. The van der Waals surface area contributed by atoms with E-state index in [0.29, 0.717) is 5.96 Å². The van der Waals surface area contributed by atoms with Gasteiger partial charge in [-0.25, -0.2) is 10.8 Å². The summed E-state index contributed by atoms with van der Waals surface area (Å²) in [6.45, 7) is 2.12. The third kappa shape index (κ3) is 2.08. The van der Waals surface area contributed by atoms with Crippen molar-refractivity contribution < 1.29 is 0 Å². The molecule has 0 aromatic rings. The van der Waals surface area contributed by atoms with Crippen molar-refractivity contribution in [3.63, 3.8) is 0 Å². The predicted molar refractivity (Wildman–Crippen MR) is 45.8 cm³/mol. The smallest absolute Gasteiger partial charge is 0.203 e. The van der Waals surface area contributed by atoms with E-state index in [-0.39, 0.29) is 5.54 Å². The van der Waals surface area contributed by atoms with Crippen LogP contribution in [0.3, 0.4) is 0 Å². The van der Waals surface area contributed by atoms with Crippen molar-refractivity contribution in [2.24, 2.45) is 16.6 Å². The maximum absolute atomic E-state index is 5.45. The van der Waals surface area contributed by atoms with Crippen LogP contribution in [-0.4, -0.2) is 11.5 Å². The van der Waals surface area contributed by atoms with Crippen LogP contribution in [0.15, 0.2) is 4.99 Å². The summed E-state index contributed by atoms with van der Waals surface area (Å²) < 4.78 is 0. The molecule has 1 aliphatic rings. The Morgan fingerprint density at radius 2 is 2.00 bits per heavy atom. The van der Waals surface area contributed by atoms with E-state index >= 15 is 0 Å². The fourth-order valence-electron chi connectivity index (χ4n) is 1.57. The lowest BCUT2D eigenvalue weighted by Gasteiger charge is -2.18. The van der Waals surface area contributed by atoms with E-state index in [0.717, 1.165) is 12.8 Å². The summed E-state index contributed by atoms with van der Waals surface area (Å²) >= 11 is 0. The van der Waals surface area contributed by atoms with Gasteiger partial charge in [-0.2, -0.15) is 0 Å². The molecule has 0 saturated heterocycles. The maximum atomic E-state index is 5.45. The molecule has 0 amide bonds. The van der Waals surface area contributed by atoms with Crippen LogP contribution in [0.1, 0.15) is 32.6 Å². The number of nitrogens with two attached hydrogens (primary N) is 2. The lowest BCUT2D eigenvalue weighted by molar-refractivity contribution is 0.488. The fraction of sp³-hybridized carbons (Fsp3) is 0.857. The number of hydrogen-bond donors (Lipinski definition) is 3. The van der Waals surface area contributed by atoms with Crippen LogP contribution in [-0.2, 0) is 0 Å². The standard InChI is InChI=1S/C7H16N4/c1-7(4-2-3-5-7)10-6(8)11-9/h2-5,9H2,1H3,(H3,8,10,11). The average Bonchev–Trinajstić information content (AvgIpc) is 2.36. The lowest BCUT2D eigenvalue weighted by Crippen LogP contribution is -2.39. The molecule has 11 heavy (non-hydrogen) atoms. The number of hydrogen-bond acceptors (Lipinski definition) is 2. The van der Waals surface area contributed by atoms with E-state index in [1.165, 1.54) is 12.8 Å². The molecule has 0 spiro atoms. The topological polar surface area (TPSA) is 76.4 Å². The molecule has 4 nitrogen and oxygen atoms in total. The Hall–Kier alpha value is -0.770. The van der Waals surface area contributed by atoms with E-state index < -0.39 is 0 Å². The van der Waals surface area contributed by atoms with Gasteiger partial charge in [-0.3, -0.25) is 5.43 Å². The van der Waals surface area contributed by atoms with Gasteiger partial charge in [-0.1, -0.05) is 12.8 Å². The summed E-state index contributed by atoms with van der Waals surface area (Å²) in [6.07, 6.45) is 4.74. The summed E-state index contributed by atoms with van der Waals surface area (Å²) in [4.78, 5) is 4.28. The molecule has 0 unspecified atom stereocenters. The number of guanidine groups is 1. The van der Waals surface area contributed by atoms with Crippen LogP contribution in [0.4, 0.5) is 0 Å². The fourth-order valence-corrected chi connectivity index (χ4v) is 1.57. The van der Waals surface area contributed by atoms with E-state index in [1.54, 1.807) is 0 Å². The number of nitrogens with zero attached hydrogens (tertiary/aromatic N) is 1. The van der Waals surface area contributed by atoms with E-state index in [4.69, 9.17) is 11.6 Å². The van der Waals surface area contributed by atoms with Gasteiger partial charge >= 0.3 is 0 Å². The quantitative estimate of drug-likeness (QED) is 0.218. The van der Waals surface area contributed by atoms with Crippen LogP contribution >= 0.6 is 0 Å². The number of nitrogens with one attached hydrogen (secondary N) is 1. The maximum Gasteiger partial charge on any atom is 0.203 e. The van der Waals surface area contributed by atoms with E-state index in [2.05, 4.69) is 17.3 Å². The number of rotatable bonds is 1. The largest absolute Gasteiger partial charge is 0.369 e. The van der Waals surface area contributed by atoms with Crippen molar-refractivity contribution >= 4 is 5.96 Å². The SMILES string of the molecule is CC1(N=C(N)NN)CCCC1. The first kappa shape index (κ1) is 8.33. The minimum Gasteiger partial charge on any atom is -0.369 e. The third-order valence-electron chi connectivity index (χ3n) is 2.22. The first-order valence-electron chi connectivity index (χ1n) is 3.98. The van der Waals surface area contributed by atoms with Gasteiger partial charge in [-0.05, 0) is 19.8 Å². The molecule has 1 fully saturated rings. The molecule has 0 heterocycles. The average molecular weight is 156 g/mol. The molecule has 5 N–H and O–H groups in total. The first-order valence-corrected chi connectivity index (χ1v) is 3.98. The molecule has 0 aliphatic heterocycles. The van der Waals surface area contributed by atoms with Gasteiger partial charge in [-0.15, -0.1) is 0 Å². The molecule has 0 bridgehead atoms. The van der Waals surface area contributed by atoms with E-state index in [1.807, 2.05) is 0 Å². The van der Waals surface area contributed by atoms with Gasteiger partial charge in [0.05, 0.1) is 5.54 Å². The molecule has 0 atom stereocenters. The van der Waals surface area contributed by atoms with Gasteiger partial charge in [0.1, 0.15) is 0 Å². The van der Waals surface area contributed by atoms with Crippen LogP contribution in [0.2, 0.25) is 0 Å². The van der Waals surface area contributed by atoms with Crippen molar-refractivity contribution in [3.8, 4) is 0 Å². The van der Waals surface area contributed by atoms with Gasteiger partial charge in [0.15, 0.2) is 0 Å². The molecule has 1 aliphatic carbocycles. The van der Waals surface area contributed by atoms with Crippen LogP contribution in [0, 0.1) is 0 Å². The third-order valence-corrected chi connectivity index (χ3v) is 2.22. The second kappa shape index (κ2) is 3.09.